The van der Waals surface area contributed by atoms with E-state index < -0.39 is 11.9 Å². The number of aliphatic hydroxyl groups is 1. The molecule has 2 aromatic carbocycles. The minimum atomic E-state index is -1.18. The van der Waals surface area contributed by atoms with Gasteiger partial charge in [0.1, 0.15) is 6.10 Å². The van der Waals surface area contributed by atoms with Gasteiger partial charge in [-0.25, -0.2) is 0 Å². The molecule has 0 saturated carbocycles. The number of carbonyl (C=O) groups excluding carboxylic acids is 1. The van der Waals surface area contributed by atoms with Crippen LogP contribution in [0.2, 0.25) is 0 Å². The molecule has 0 radical (unpaired) electrons. The third kappa shape index (κ3) is 3.07. The highest BCUT2D eigenvalue weighted by molar-refractivity contribution is 5.99. The lowest BCUT2D eigenvalue weighted by Crippen LogP contribution is -2.09. The number of benzene rings is 2. The molecule has 1 unspecified atom stereocenters. The Labute approximate surface area is 106 Å². The Bertz CT molecular complexity index is 577. The van der Waals surface area contributed by atoms with Crippen molar-refractivity contribution in [1.82, 2.24) is 0 Å². The minimum absolute atomic E-state index is 0.495. The standard InChI is InChI=1S/C16H12O2/c17-15(12-11-13-7-3-1-4-8-13)16(18)14-9-5-2-6-10-14/h1-10,16,18H. The molecule has 0 fully saturated rings. The van der Waals surface area contributed by atoms with Gasteiger partial charge >= 0.3 is 0 Å². The zero-order valence-electron chi connectivity index (χ0n) is 9.71. The van der Waals surface area contributed by atoms with Gasteiger partial charge in [-0.1, -0.05) is 54.5 Å². The molecule has 1 N–H and O–H groups in total. The minimum Gasteiger partial charge on any atom is -0.379 e. The number of ketones is 1. The van der Waals surface area contributed by atoms with Crippen molar-refractivity contribution in [2.45, 2.75) is 6.10 Å². The van der Waals surface area contributed by atoms with Gasteiger partial charge in [-0.05, 0) is 23.6 Å². The maximum Gasteiger partial charge on any atom is 0.238 e. The molecule has 0 aliphatic carbocycles. The molecule has 0 aliphatic rings. The first kappa shape index (κ1) is 12.1. The summed E-state index contributed by atoms with van der Waals surface area (Å²) in [5.74, 6) is 4.70. The molecule has 0 spiro atoms. The smallest absolute Gasteiger partial charge is 0.238 e. The monoisotopic (exact) mass is 236 g/mol. The SMILES string of the molecule is O=C(C#Cc1ccccc1)C(O)c1ccccc1. The van der Waals surface area contributed by atoms with Crippen LogP contribution >= 0.6 is 0 Å². The zero-order valence-corrected chi connectivity index (χ0v) is 9.71. The second-order valence-corrected chi connectivity index (χ2v) is 3.79. The number of Topliss-reactive ketones (excluding diaryl/α,β-unsaturated/α-hetero) is 1. The topological polar surface area (TPSA) is 37.3 Å². The van der Waals surface area contributed by atoms with E-state index in [1.54, 1.807) is 24.3 Å². The summed E-state index contributed by atoms with van der Waals surface area (Å²) in [6.07, 6.45) is -1.18. The zero-order chi connectivity index (χ0) is 12.8. The fourth-order valence-corrected chi connectivity index (χ4v) is 1.51. The second-order valence-electron chi connectivity index (χ2n) is 3.79. The molecular weight excluding hydrogens is 224 g/mol. The van der Waals surface area contributed by atoms with Crippen LogP contribution in [0.25, 0.3) is 0 Å². The molecule has 0 aromatic heterocycles. The van der Waals surface area contributed by atoms with Crippen molar-refractivity contribution in [3.63, 3.8) is 0 Å². The van der Waals surface area contributed by atoms with Crippen molar-refractivity contribution in [1.29, 1.82) is 0 Å². The molecule has 0 aliphatic heterocycles. The number of hydrogen-bond donors (Lipinski definition) is 1. The van der Waals surface area contributed by atoms with E-state index in [2.05, 4.69) is 11.8 Å². The third-order valence-electron chi connectivity index (χ3n) is 2.47. The van der Waals surface area contributed by atoms with Crippen LogP contribution in [0.3, 0.4) is 0 Å². The Kier molecular flexibility index (Phi) is 3.90. The van der Waals surface area contributed by atoms with Gasteiger partial charge in [0.15, 0.2) is 0 Å². The fourth-order valence-electron chi connectivity index (χ4n) is 1.51. The van der Waals surface area contributed by atoms with Crippen LogP contribution in [-0.2, 0) is 4.79 Å². The molecule has 2 aromatic rings. The Morgan fingerprint density at radius 3 is 2.11 bits per heavy atom. The third-order valence-corrected chi connectivity index (χ3v) is 2.47. The first-order chi connectivity index (χ1) is 8.77. The molecule has 2 nitrogen and oxygen atoms in total. The van der Waals surface area contributed by atoms with Crippen LogP contribution in [0.5, 0.6) is 0 Å². The lowest BCUT2D eigenvalue weighted by Gasteiger charge is -2.04. The summed E-state index contributed by atoms with van der Waals surface area (Å²) in [5, 5.41) is 9.82. The number of carbonyl (C=O) groups is 1. The van der Waals surface area contributed by atoms with E-state index in [1.165, 1.54) is 0 Å². The van der Waals surface area contributed by atoms with E-state index in [4.69, 9.17) is 0 Å². The summed E-state index contributed by atoms with van der Waals surface area (Å²) in [6.45, 7) is 0. The number of aliphatic hydroxyl groups excluding tert-OH is 1. The first-order valence-corrected chi connectivity index (χ1v) is 5.61. The van der Waals surface area contributed by atoms with E-state index in [1.807, 2.05) is 36.4 Å². The Balaban J connectivity index is 2.12. The maximum absolute atomic E-state index is 11.7. The number of hydrogen-bond acceptors (Lipinski definition) is 2. The Hall–Kier alpha value is -2.37. The van der Waals surface area contributed by atoms with Crippen LogP contribution in [-0.4, -0.2) is 10.9 Å². The molecule has 2 heteroatoms. The molecule has 2 rings (SSSR count). The van der Waals surface area contributed by atoms with Crippen molar-refractivity contribution in [2.24, 2.45) is 0 Å². The van der Waals surface area contributed by atoms with Gasteiger partial charge in [0, 0.05) is 5.56 Å². The Morgan fingerprint density at radius 2 is 1.50 bits per heavy atom. The summed E-state index contributed by atoms with van der Waals surface area (Å²) < 4.78 is 0. The van der Waals surface area contributed by atoms with Crippen LogP contribution in [0.4, 0.5) is 0 Å². The summed E-state index contributed by atoms with van der Waals surface area (Å²) in [4.78, 5) is 11.7. The lowest BCUT2D eigenvalue weighted by molar-refractivity contribution is -0.121. The average Bonchev–Trinajstić information content (AvgIpc) is 2.46. The molecule has 1 atom stereocenters. The molecule has 0 heterocycles. The van der Waals surface area contributed by atoms with E-state index in [0.29, 0.717) is 5.56 Å². The van der Waals surface area contributed by atoms with Crippen molar-refractivity contribution >= 4 is 5.78 Å². The van der Waals surface area contributed by atoms with Gasteiger partial charge in [-0.3, -0.25) is 4.79 Å². The summed E-state index contributed by atoms with van der Waals surface area (Å²) >= 11 is 0. The van der Waals surface area contributed by atoms with Gasteiger partial charge in [0.05, 0.1) is 0 Å². The summed E-state index contributed by atoms with van der Waals surface area (Å²) in [6, 6.07) is 18.0. The molecule has 18 heavy (non-hydrogen) atoms. The predicted molar refractivity (Wildman–Crippen MR) is 69.7 cm³/mol. The van der Waals surface area contributed by atoms with Gasteiger partial charge in [-0.2, -0.15) is 0 Å². The van der Waals surface area contributed by atoms with E-state index in [9.17, 15) is 9.90 Å². The molecule has 88 valence electrons. The average molecular weight is 236 g/mol. The predicted octanol–water partition coefficient (Wildman–Crippen LogP) is 2.34. The maximum atomic E-state index is 11.7. The van der Waals surface area contributed by atoms with Gasteiger partial charge in [0.25, 0.3) is 0 Å². The van der Waals surface area contributed by atoms with Crippen LogP contribution < -0.4 is 0 Å². The molecule has 0 bridgehead atoms. The van der Waals surface area contributed by atoms with Gasteiger partial charge in [-0.15, -0.1) is 0 Å². The van der Waals surface area contributed by atoms with Crippen molar-refractivity contribution in [3.8, 4) is 11.8 Å². The van der Waals surface area contributed by atoms with Crippen LogP contribution in [0.15, 0.2) is 60.7 Å². The van der Waals surface area contributed by atoms with E-state index in [0.717, 1.165) is 5.56 Å². The van der Waals surface area contributed by atoms with Crippen LogP contribution in [0.1, 0.15) is 17.2 Å². The van der Waals surface area contributed by atoms with Crippen molar-refractivity contribution in [3.05, 3.63) is 71.8 Å². The quantitative estimate of drug-likeness (QED) is 0.813. The second kappa shape index (κ2) is 5.81. The molecular formula is C16H12O2. The van der Waals surface area contributed by atoms with E-state index >= 15 is 0 Å². The lowest BCUT2D eigenvalue weighted by atomic mass is 10.1. The molecule has 0 amide bonds. The summed E-state index contributed by atoms with van der Waals surface area (Å²) in [5.41, 5.74) is 1.32. The largest absolute Gasteiger partial charge is 0.379 e. The highest BCUT2D eigenvalue weighted by Crippen LogP contribution is 2.12. The highest BCUT2D eigenvalue weighted by atomic mass is 16.3. The summed E-state index contributed by atoms with van der Waals surface area (Å²) in [7, 11) is 0. The first-order valence-electron chi connectivity index (χ1n) is 5.61. The van der Waals surface area contributed by atoms with Crippen LogP contribution in [0, 0.1) is 11.8 Å². The van der Waals surface area contributed by atoms with Gasteiger partial charge < -0.3 is 5.11 Å². The van der Waals surface area contributed by atoms with Crippen molar-refractivity contribution in [2.75, 3.05) is 0 Å². The number of rotatable bonds is 2. The Morgan fingerprint density at radius 1 is 0.944 bits per heavy atom. The normalized spacial score (nSPS) is 11.2. The molecule has 0 saturated heterocycles. The van der Waals surface area contributed by atoms with E-state index in [-0.39, 0.29) is 0 Å². The fraction of sp³-hybridized carbons (Fsp3) is 0.0625. The van der Waals surface area contributed by atoms with Crippen molar-refractivity contribution < 1.29 is 9.90 Å². The van der Waals surface area contributed by atoms with Gasteiger partial charge in [0.2, 0.25) is 5.78 Å². The highest BCUT2D eigenvalue weighted by Gasteiger charge is 2.14.